The molecule has 2 aromatic heterocycles. The lowest BCUT2D eigenvalue weighted by atomic mass is 10.3. The minimum Gasteiger partial charge on any atom is -0.316 e. The van der Waals surface area contributed by atoms with Crippen molar-refractivity contribution in [3.63, 3.8) is 0 Å². The first-order chi connectivity index (χ1) is 9.42. The maximum atomic E-state index is 12.2. The standard InChI is InChI=1S/C12H14BrN3O2S2/c1-8-10(13)3-4-11(15-8)16-20(17,18)12-5-9(6-14-2)7-19-12/h3-5,7,14H,6H2,1-2H3,(H,15,16). The van der Waals surface area contributed by atoms with Crippen LogP contribution in [-0.4, -0.2) is 20.4 Å². The van der Waals surface area contributed by atoms with E-state index in [1.165, 1.54) is 11.3 Å². The zero-order valence-electron chi connectivity index (χ0n) is 11.0. The zero-order chi connectivity index (χ0) is 14.8. The van der Waals surface area contributed by atoms with Gasteiger partial charge in [0.15, 0.2) is 0 Å². The summed E-state index contributed by atoms with van der Waals surface area (Å²) in [6.07, 6.45) is 0. The second-order valence-corrected chi connectivity index (χ2v) is 7.85. The molecule has 0 aromatic carbocycles. The van der Waals surface area contributed by atoms with E-state index >= 15 is 0 Å². The van der Waals surface area contributed by atoms with Gasteiger partial charge in [0.1, 0.15) is 10.0 Å². The highest BCUT2D eigenvalue weighted by molar-refractivity contribution is 9.10. The summed E-state index contributed by atoms with van der Waals surface area (Å²) in [6, 6.07) is 5.05. The van der Waals surface area contributed by atoms with Gasteiger partial charge in [0, 0.05) is 11.0 Å². The molecule has 2 heterocycles. The van der Waals surface area contributed by atoms with Crippen LogP contribution in [0.5, 0.6) is 0 Å². The number of pyridine rings is 1. The van der Waals surface area contributed by atoms with Crippen molar-refractivity contribution in [2.75, 3.05) is 11.8 Å². The van der Waals surface area contributed by atoms with E-state index in [0.717, 1.165) is 15.7 Å². The molecular formula is C12H14BrN3O2S2. The Morgan fingerprint density at radius 2 is 2.15 bits per heavy atom. The highest BCUT2D eigenvalue weighted by Crippen LogP contribution is 2.23. The summed E-state index contributed by atoms with van der Waals surface area (Å²) in [5.41, 5.74) is 1.67. The summed E-state index contributed by atoms with van der Waals surface area (Å²) in [6.45, 7) is 2.44. The van der Waals surface area contributed by atoms with E-state index < -0.39 is 10.0 Å². The fraction of sp³-hybridized carbons (Fsp3) is 0.250. The van der Waals surface area contributed by atoms with Crippen LogP contribution in [0.15, 0.2) is 32.3 Å². The predicted octanol–water partition coefficient (Wildman–Crippen LogP) is 2.73. The van der Waals surface area contributed by atoms with Crippen molar-refractivity contribution in [3.8, 4) is 0 Å². The number of nitrogens with one attached hydrogen (secondary N) is 2. The van der Waals surface area contributed by atoms with Crippen molar-refractivity contribution in [2.24, 2.45) is 0 Å². The third-order valence-electron chi connectivity index (χ3n) is 2.54. The molecule has 0 radical (unpaired) electrons. The van der Waals surface area contributed by atoms with Gasteiger partial charge >= 0.3 is 0 Å². The maximum Gasteiger partial charge on any atom is 0.272 e. The molecule has 2 N–H and O–H groups in total. The Balaban J connectivity index is 2.23. The second kappa shape index (κ2) is 6.21. The molecule has 0 saturated heterocycles. The molecule has 0 unspecified atom stereocenters. The van der Waals surface area contributed by atoms with Gasteiger partial charge in [-0.2, -0.15) is 0 Å². The lowest BCUT2D eigenvalue weighted by Crippen LogP contribution is -2.13. The molecule has 0 spiro atoms. The number of thiophene rings is 1. The smallest absolute Gasteiger partial charge is 0.272 e. The van der Waals surface area contributed by atoms with Crippen molar-refractivity contribution in [3.05, 3.63) is 39.3 Å². The van der Waals surface area contributed by atoms with Crippen LogP contribution in [0.25, 0.3) is 0 Å². The van der Waals surface area contributed by atoms with Crippen LogP contribution < -0.4 is 10.0 Å². The molecule has 2 rings (SSSR count). The van der Waals surface area contributed by atoms with E-state index in [1.807, 2.05) is 12.4 Å². The van der Waals surface area contributed by atoms with Crippen molar-refractivity contribution in [2.45, 2.75) is 17.7 Å². The van der Waals surface area contributed by atoms with Crippen molar-refractivity contribution < 1.29 is 8.42 Å². The molecule has 0 atom stereocenters. The molecule has 108 valence electrons. The molecule has 0 aliphatic carbocycles. The Morgan fingerprint density at radius 1 is 1.40 bits per heavy atom. The summed E-state index contributed by atoms with van der Waals surface area (Å²) in [4.78, 5) is 4.18. The van der Waals surface area contributed by atoms with Gasteiger partial charge in [-0.3, -0.25) is 4.72 Å². The summed E-state index contributed by atoms with van der Waals surface area (Å²) < 4.78 is 28.1. The molecule has 0 fully saturated rings. The van der Waals surface area contributed by atoms with Crippen molar-refractivity contribution in [1.82, 2.24) is 10.3 Å². The Bertz CT molecular complexity index is 713. The molecule has 5 nitrogen and oxygen atoms in total. The number of sulfonamides is 1. The van der Waals surface area contributed by atoms with Gasteiger partial charge in [-0.25, -0.2) is 13.4 Å². The third-order valence-corrected chi connectivity index (χ3v) is 6.22. The zero-order valence-corrected chi connectivity index (χ0v) is 14.2. The largest absolute Gasteiger partial charge is 0.316 e. The van der Waals surface area contributed by atoms with E-state index in [4.69, 9.17) is 0 Å². The van der Waals surface area contributed by atoms with Crippen LogP contribution in [0, 0.1) is 6.92 Å². The van der Waals surface area contributed by atoms with Crippen molar-refractivity contribution >= 4 is 43.1 Å². The summed E-state index contributed by atoms with van der Waals surface area (Å²) in [5.74, 6) is 0.314. The van der Waals surface area contributed by atoms with Gasteiger partial charge in [0.25, 0.3) is 10.0 Å². The first-order valence-corrected chi connectivity index (χ1v) is 8.96. The van der Waals surface area contributed by atoms with Crippen LogP contribution in [0.3, 0.4) is 0 Å². The Hall–Kier alpha value is -0.960. The van der Waals surface area contributed by atoms with Crippen LogP contribution in [0.2, 0.25) is 0 Å². The van der Waals surface area contributed by atoms with Crippen LogP contribution in [-0.2, 0) is 16.6 Å². The second-order valence-electron chi connectivity index (χ2n) is 4.17. The molecule has 8 heteroatoms. The van der Waals surface area contributed by atoms with E-state index in [2.05, 4.69) is 31.0 Å². The fourth-order valence-corrected chi connectivity index (χ4v) is 4.01. The summed E-state index contributed by atoms with van der Waals surface area (Å²) in [7, 11) is -1.76. The fourth-order valence-electron chi connectivity index (χ4n) is 1.58. The van der Waals surface area contributed by atoms with Crippen molar-refractivity contribution in [1.29, 1.82) is 0 Å². The van der Waals surface area contributed by atoms with Gasteiger partial charge in [-0.05, 0) is 59.0 Å². The van der Waals surface area contributed by atoms with Gasteiger partial charge < -0.3 is 5.32 Å². The topological polar surface area (TPSA) is 71.1 Å². The Labute approximate surface area is 130 Å². The first-order valence-electron chi connectivity index (χ1n) is 5.80. The minimum atomic E-state index is -3.58. The monoisotopic (exact) mass is 375 g/mol. The number of rotatable bonds is 5. The number of aryl methyl sites for hydroxylation is 1. The van der Waals surface area contributed by atoms with E-state index in [0.29, 0.717) is 12.4 Å². The third kappa shape index (κ3) is 3.57. The lowest BCUT2D eigenvalue weighted by Gasteiger charge is -2.06. The van der Waals surface area contributed by atoms with Gasteiger partial charge in [0.2, 0.25) is 0 Å². The molecule has 20 heavy (non-hydrogen) atoms. The van der Waals surface area contributed by atoms with E-state index in [9.17, 15) is 8.42 Å². The van der Waals surface area contributed by atoms with Crippen LogP contribution in [0.1, 0.15) is 11.3 Å². The SMILES string of the molecule is CNCc1csc(S(=O)(=O)Nc2ccc(Br)c(C)n2)c1. The van der Waals surface area contributed by atoms with E-state index in [1.54, 1.807) is 25.1 Å². The van der Waals surface area contributed by atoms with Crippen LogP contribution >= 0.6 is 27.3 Å². The number of halogens is 1. The van der Waals surface area contributed by atoms with Gasteiger partial charge in [-0.15, -0.1) is 11.3 Å². The Morgan fingerprint density at radius 3 is 2.80 bits per heavy atom. The van der Waals surface area contributed by atoms with Gasteiger partial charge in [0.05, 0.1) is 5.69 Å². The minimum absolute atomic E-state index is 0.283. The molecule has 2 aromatic rings. The maximum absolute atomic E-state index is 12.2. The lowest BCUT2D eigenvalue weighted by molar-refractivity contribution is 0.603. The number of aromatic nitrogens is 1. The van der Waals surface area contributed by atoms with E-state index in [-0.39, 0.29) is 4.21 Å². The number of anilines is 1. The summed E-state index contributed by atoms with van der Waals surface area (Å²) >= 11 is 4.53. The molecular weight excluding hydrogens is 362 g/mol. The van der Waals surface area contributed by atoms with Crippen LogP contribution in [0.4, 0.5) is 5.82 Å². The first kappa shape index (κ1) is 15.4. The molecule has 0 aliphatic rings. The number of hydrogen-bond donors (Lipinski definition) is 2. The molecule has 0 aliphatic heterocycles. The highest BCUT2D eigenvalue weighted by Gasteiger charge is 2.17. The quantitative estimate of drug-likeness (QED) is 0.842. The molecule has 0 saturated carbocycles. The summed E-state index contributed by atoms with van der Waals surface area (Å²) in [5, 5.41) is 4.81. The normalized spacial score (nSPS) is 11.6. The Kier molecular flexibility index (Phi) is 4.79. The average Bonchev–Trinajstić information content (AvgIpc) is 2.83. The number of nitrogens with zero attached hydrogens (tertiary/aromatic N) is 1. The highest BCUT2D eigenvalue weighted by atomic mass is 79.9. The molecule has 0 amide bonds. The predicted molar refractivity (Wildman–Crippen MR) is 84.6 cm³/mol. The number of hydrogen-bond acceptors (Lipinski definition) is 5. The average molecular weight is 376 g/mol. The molecule has 0 bridgehead atoms. The van der Waals surface area contributed by atoms with Gasteiger partial charge in [-0.1, -0.05) is 0 Å².